The smallest absolute Gasteiger partial charge is 0.254 e. The van der Waals surface area contributed by atoms with Crippen molar-refractivity contribution in [1.29, 1.82) is 0 Å². The molecule has 1 aromatic carbocycles. The van der Waals surface area contributed by atoms with E-state index < -0.39 is 0 Å². The van der Waals surface area contributed by atoms with Crippen LogP contribution < -0.4 is 0 Å². The maximum atomic E-state index is 13.1. The van der Waals surface area contributed by atoms with Crippen LogP contribution in [0.2, 0.25) is 0 Å². The number of carbonyl (C=O) groups is 2. The standard InChI is InChI=1S/C27H34N2O2S/c1-28(27(31)24-14-17-32-20-24)25(18-21-8-4-2-5-9-21)23-12-15-29(16-13-23)26(30)19-22-10-6-3-7-11-22/h2,4-5,8-10,14,17,20,23,25H,3,6-7,11-13,15-16,18-19H2,1H3. The summed E-state index contributed by atoms with van der Waals surface area (Å²) in [5, 5.41) is 3.89. The van der Waals surface area contributed by atoms with Crippen molar-refractivity contribution in [3.8, 4) is 0 Å². The predicted molar refractivity (Wildman–Crippen MR) is 131 cm³/mol. The molecule has 2 aromatic rings. The number of piperidine rings is 1. The van der Waals surface area contributed by atoms with E-state index in [2.05, 4.69) is 30.3 Å². The molecule has 1 aromatic heterocycles. The monoisotopic (exact) mass is 450 g/mol. The second-order valence-corrected chi connectivity index (χ2v) is 9.97. The van der Waals surface area contributed by atoms with Crippen LogP contribution in [-0.2, 0) is 11.2 Å². The van der Waals surface area contributed by atoms with Gasteiger partial charge < -0.3 is 9.80 Å². The van der Waals surface area contributed by atoms with Gasteiger partial charge in [-0.25, -0.2) is 0 Å². The fourth-order valence-corrected chi connectivity index (χ4v) is 5.75. The highest BCUT2D eigenvalue weighted by atomic mass is 32.1. The number of hydrogen-bond acceptors (Lipinski definition) is 3. The van der Waals surface area contributed by atoms with Crippen LogP contribution in [0, 0.1) is 5.92 Å². The molecule has 1 aliphatic heterocycles. The van der Waals surface area contributed by atoms with Crippen molar-refractivity contribution in [2.75, 3.05) is 20.1 Å². The van der Waals surface area contributed by atoms with E-state index in [9.17, 15) is 9.59 Å². The first-order chi connectivity index (χ1) is 15.6. The molecule has 4 rings (SSSR count). The highest BCUT2D eigenvalue weighted by Gasteiger charge is 2.33. The van der Waals surface area contributed by atoms with Crippen LogP contribution in [0.3, 0.4) is 0 Å². The fraction of sp³-hybridized carbons (Fsp3) is 0.481. The summed E-state index contributed by atoms with van der Waals surface area (Å²) in [6, 6.07) is 12.5. The predicted octanol–water partition coefficient (Wildman–Crippen LogP) is 5.56. The Morgan fingerprint density at radius 3 is 2.56 bits per heavy atom. The molecule has 2 aliphatic rings. The van der Waals surface area contributed by atoms with Crippen molar-refractivity contribution >= 4 is 23.2 Å². The van der Waals surface area contributed by atoms with Gasteiger partial charge in [0, 0.05) is 38.0 Å². The lowest BCUT2D eigenvalue weighted by atomic mass is 9.84. The third-order valence-corrected chi connectivity index (χ3v) is 7.76. The normalized spacial score (nSPS) is 18.2. The van der Waals surface area contributed by atoms with Gasteiger partial charge in [-0.3, -0.25) is 9.59 Å². The second kappa shape index (κ2) is 11.0. The van der Waals surface area contributed by atoms with E-state index in [0.29, 0.717) is 12.3 Å². The first kappa shape index (κ1) is 22.8. The first-order valence-electron chi connectivity index (χ1n) is 11.9. The molecule has 2 amide bonds. The Morgan fingerprint density at radius 1 is 1.12 bits per heavy atom. The van der Waals surface area contributed by atoms with Crippen molar-refractivity contribution in [2.45, 2.75) is 57.4 Å². The molecule has 32 heavy (non-hydrogen) atoms. The molecule has 0 spiro atoms. The van der Waals surface area contributed by atoms with Crippen molar-refractivity contribution in [3.05, 3.63) is 69.9 Å². The summed E-state index contributed by atoms with van der Waals surface area (Å²) in [6.07, 6.45) is 10.3. The Labute approximate surface area is 195 Å². The summed E-state index contributed by atoms with van der Waals surface area (Å²) < 4.78 is 0. The summed E-state index contributed by atoms with van der Waals surface area (Å²) in [6.45, 7) is 1.59. The van der Waals surface area contributed by atoms with Gasteiger partial charge in [0.1, 0.15) is 0 Å². The SMILES string of the molecule is CN(C(=O)c1ccsc1)C(Cc1ccccc1)C1CCN(C(=O)CC2=CCCCC2)CC1. The molecular formula is C27H34N2O2S. The number of nitrogens with zero attached hydrogens (tertiary/aromatic N) is 2. The molecule has 170 valence electrons. The third kappa shape index (κ3) is 5.69. The summed E-state index contributed by atoms with van der Waals surface area (Å²) in [4.78, 5) is 30.0. The van der Waals surface area contributed by atoms with Gasteiger partial charge in [0.25, 0.3) is 5.91 Å². The minimum absolute atomic E-state index is 0.0925. The van der Waals surface area contributed by atoms with Gasteiger partial charge in [0.05, 0.1) is 5.56 Å². The fourth-order valence-electron chi connectivity index (χ4n) is 5.12. The molecule has 1 aliphatic carbocycles. The Balaban J connectivity index is 1.41. The quantitative estimate of drug-likeness (QED) is 0.518. The van der Waals surface area contributed by atoms with Crippen LogP contribution in [0.4, 0.5) is 0 Å². The van der Waals surface area contributed by atoms with E-state index in [1.54, 1.807) is 11.3 Å². The molecule has 5 heteroatoms. The van der Waals surface area contributed by atoms with Gasteiger partial charge in [-0.05, 0) is 67.9 Å². The van der Waals surface area contributed by atoms with E-state index in [4.69, 9.17) is 0 Å². The molecule has 1 unspecified atom stereocenters. The summed E-state index contributed by atoms with van der Waals surface area (Å²) >= 11 is 1.56. The zero-order valence-corrected chi connectivity index (χ0v) is 19.9. The van der Waals surface area contributed by atoms with Gasteiger partial charge in [0.2, 0.25) is 5.91 Å². The molecular weight excluding hydrogens is 416 g/mol. The minimum atomic E-state index is 0.0925. The summed E-state index contributed by atoms with van der Waals surface area (Å²) in [5.41, 5.74) is 3.35. The second-order valence-electron chi connectivity index (χ2n) is 9.19. The zero-order valence-electron chi connectivity index (χ0n) is 19.0. The lowest BCUT2D eigenvalue weighted by molar-refractivity contribution is -0.132. The number of thiophene rings is 1. The minimum Gasteiger partial charge on any atom is -0.342 e. The van der Waals surface area contributed by atoms with Crippen molar-refractivity contribution in [2.24, 2.45) is 5.92 Å². The number of allylic oxidation sites excluding steroid dienone is 1. The van der Waals surface area contributed by atoms with Gasteiger partial charge in [0.15, 0.2) is 0 Å². The van der Waals surface area contributed by atoms with E-state index in [0.717, 1.165) is 50.8 Å². The van der Waals surface area contributed by atoms with Gasteiger partial charge >= 0.3 is 0 Å². The topological polar surface area (TPSA) is 40.6 Å². The number of likely N-dealkylation sites (N-methyl/N-ethyl adjacent to an activating group) is 1. The molecule has 0 radical (unpaired) electrons. The molecule has 1 saturated heterocycles. The number of carbonyl (C=O) groups excluding carboxylic acids is 2. The number of likely N-dealkylation sites (tertiary alicyclic amines) is 1. The Morgan fingerprint density at radius 2 is 1.91 bits per heavy atom. The Bertz CT molecular complexity index is 914. The highest BCUT2D eigenvalue weighted by Crippen LogP contribution is 2.29. The van der Waals surface area contributed by atoms with Crippen LogP contribution in [0.1, 0.15) is 60.9 Å². The largest absolute Gasteiger partial charge is 0.342 e. The number of hydrogen-bond donors (Lipinski definition) is 0. The van der Waals surface area contributed by atoms with Crippen molar-refractivity contribution < 1.29 is 9.59 Å². The lowest BCUT2D eigenvalue weighted by Crippen LogP contribution is -2.48. The van der Waals surface area contributed by atoms with Crippen LogP contribution >= 0.6 is 11.3 Å². The van der Waals surface area contributed by atoms with E-state index >= 15 is 0 Å². The maximum Gasteiger partial charge on any atom is 0.254 e. The average Bonchev–Trinajstić information content (AvgIpc) is 3.38. The van der Waals surface area contributed by atoms with Gasteiger partial charge in [-0.1, -0.05) is 42.0 Å². The third-order valence-electron chi connectivity index (χ3n) is 7.07. The number of benzene rings is 1. The van der Waals surface area contributed by atoms with Crippen LogP contribution in [0.15, 0.2) is 58.8 Å². The summed E-state index contributed by atoms with van der Waals surface area (Å²) in [5.74, 6) is 0.759. The van der Waals surface area contributed by atoms with Crippen LogP contribution in [-0.4, -0.2) is 47.8 Å². The molecule has 1 atom stereocenters. The highest BCUT2D eigenvalue weighted by molar-refractivity contribution is 7.08. The number of rotatable bonds is 7. The maximum absolute atomic E-state index is 13.1. The van der Waals surface area contributed by atoms with E-state index in [1.807, 2.05) is 39.7 Å². The van der Waals surface area contributed by atoms with Crippen LogP contribution in [0.25, 0.3) is 0 Å². The van der Waals surface area contributed by atoms with Gasteiger partial charge in [-0.2, -0.15) is 11.3 Å². The van der Waals surface area contributed by atoms with E-state index in [-0.39, 0.29) is 17.9 Å². The van der Waals surface area contributed by atoms with Crippen molar-refractivity contribution in [1.82, 2.24) is 9.80 Å². The molecule has 0 N–H and O–H groups in total. The molecule has 0 saturated carbocycles. The van der Waals surface area contributed by atoms with Crippen molar-refractivity contribution in [3.63, 3.8) is 0 Å². The molecule has 4 nitrogen and oxygen atoms in total. The number of amides is 2. The lowest BCUT2D eigenvalue weighted by Gasteiger charge is -2.40. The van der Waals surface area contributed by atoms with Crippen LogP contribution in [0.5, 0.6) is 0 Å². The molecule has 1 fully saturated rings. The Hall–Kier alpha value is -2.40. The molecule has 0 bridgehead atoms. The Kier molecular flexibility index (Phi) is 7.80. The first-order valence-corrected chi connectivity index (χ1v) is 12.8. The zero-order chi connectivity index (χ0) is 22.3. The van der Waals surface area contributed by atoms with E-state index in [1.165, 1.54) is 24.0 Å². The average molecular weight is 451 g/mol. The molecule has 2 heterocycles. The summed E-state index contributed by atoms with van der Waals surface area (Å²) in [7, 11) is 1.95. The van der Waals surface area contributed by atoms with Gasteiger partial charge in [-0.15, -0.1) is 0 Å².